The lowest BCUT2D eigenvalue weighted by molar-refractivity contribution is -0.165. The van der Waals surface area contributed by atoms with Gasteiger partial charge in [-0.25, -0.2) is 0 Å². The Morgan fingerprint density at radius 3 is 2.32 bits per heavy atom. The molecule has 1 rings (SSSR count). The van der Waals surface area contributed by atoms with Gasteiger partial charge < -0.3 is 9.80 Å². The summed E-state index contributed by atoms with van der Waals surface area (Å²) >= 11 is 0. The Bertz CT molecular complexity index is 416. The molecule has 0 unspecified atom stereocenters. The first-order valence-corrected chi connectivity index (χ1v) is 7.65. The molecule has 0 aromatic carbocycles. The summed E-state index contributed by atoms with van der Waals surface area (Å²) in [6.07, 6.45) is -0.245. The summed E-state index contributed by atoms with van der Waals surface area (Å²) in [4.78, 5) is 26.7. The van der Waals surface area contributed by atoms with Crippen molar-refractivity contribution < 1.29 is 22.8 Å². The van der Waals surface area contributed by atoms with E-state index in [-0.39, 0.29) is 5.91 Å². The van der Waals surface area contributed by atoms with Crippen LogP contribution in [0.2, 0.25) is 0 Å². The second-order valence-corrected chi connectivity index (χ2v) is 5.40. The molecule has 7 heteroatoms. The van der Waals surface area contributed by atoms with Crippen molar-refractivity contribution in [2.45, 2.75) is 51.7 Å². The zero-order valence-corrected chi connectivity index (χ0v) is 13.0. The van der Waals surface area contributed by atoms with Crippen LogP contribution in [-0.4, -0.2) is 53.3 Å². The van der Waals surface area contributed by atoms with E-state index in [0.29, 0.717) is 32.1 Å². The van der Waals surface area contributed by atoms with Crippen LogP contribution in [0.3, 0.4) is 0 Å². The Morgan fingerprint density at radius 1 is 1.23 bits per heavy atom. The summed E-state index contributed by atoms with van der Waals surface area (Å²) < 4.78 is 36.6. The van der Waals surface area contributed by atoms with Gasteiger partial charge in [-0.2, -0.15) is 13.2 Å². The first-order valence-electron chi connectivity index (χ1n) is 7.65. The second-order valence-electron chi connectivity index (χ2n) is 5.40. The second kappa shape index (κ2) is 8.19. The summed E-state index contributed by atoms with van der Waals surface area (Å²) in [7, 11) is 0. The smallest absolute Gasteiger partial charge is 0.365 e. The number of ketones is 1. The fraction of sp³-hybridized carbons (Fsp3) is 0.733. The number of allylic oxidation sites excluding steroid dienone is 1. The van der Waals surface area contributed by atoms with Crippen LogP contribution in [0, 0.1) is 0 Å². The number of halogens is 3. The van der Waals surface area contributed by atoms with Crippen molar-refractivity contribution in [2.75, 3.05) is 19.6 Å². The molecule has 0 saturated carbocycles. The van der Waals surface area contributed by atoms with Crippen molar-refractivity contribution in [3.63, 3.8) is 0 Å². The van der Waals surface area contributed by atoms with E-state index in [1.165, 1.54) is 0 Å². The molecule has 1 aliphatic heterocycles. The van der Waals surface area contributed by atoms with Gasteiger partial charge in [0.1, 0.15) is 6.04 Å². The molecular formula is C15H23F3N2O2. The van der Waals surface area contributed by atoms with Crippen LogP contribution in [0.5, 0.6) is 0 Å². The average molecular weight is 320 g/mol. The van der Waals surface area contributed by atoms with Gasteiger partial charge in [0.2, 0.25) is 5.91 Å². The van der Waals surface area contributed by atoms with Crippen LogP contribution >= 0.6 is 0 Å². The van der Waals surface area contributed by atoms with Crippen molar-refractivity contribution in [3.8, 4) is 0 Å². The molecule has 0 aromatic rings. The van der Waals surface area contributed by atoms with Crippen LogP contribution in [0.4, 0.5) is 13.2 Å². The van der Waals surface area contributed by atoms with Crippen LogP contribution in [0.25, 0.3) is 0 Å². The van der Waals surface area contributed by atoms with E-state index in [1.807, 2.05) is 13.8 Å². The van der Waals surface area contributed by atoms with Gasteiger partial charge in [-0.15, -0.1) is 0 Å². The van der Waals surface area contributed by atoms with Gasteiger partial charge in [-0.05, 0) is 25.7 Å². The molecule has 22 heavy (non-hydrogen) atoms. The molecule has 0 aliphatic carbocycles. The highest BCUT2D eigenvalue weighted by molar-refractivity contribution is 5.94. The number of hydrogen-bond donors (Lipinski definition) is 0. The Hall–Kier alpha value is -1.53. The van der Waals surface area contributed by atoms with Crippen LogP contribution in [0.1, 0.15) is 39.5 Å². The lowest BCUT2D eigenvalue weighted by Crippen LogP contribution is -2.44. The maximum Gasteiger partial charge on any atom is 0.454 e. The molecule has 1 saturated heterocycles. The van der Waals surface area contributed by atoms with Crippen LogP contribution in [-0.2, 0) is 9.59 Å². The number of carbonyl (C=O) groups is 2. The standard InChI is InChI=1S/C15H23F3N2O2/c1-3-8-20(9-4-2)14(22)12-6-5-10-19(12)11-7-13(21)15(16,17)18/h7,11-12H,3-6,8-10H2,1-2H3/b11-7+/t12-/m0/s1. The van der Waals surface area contributed by atoms with Gasteiger partial charge in [-0.1, -0.05) is 13.8 Å². The third-order valence-corrected chi connectivity index (χ3v) is 3.57. The number of alkyl halides is 3. The van der Waals surface area contributed by atoms with Crippen LogP contribution < -0.4 is 0 Å². The quantitative estimate of drug-likeness (QED) is 0.677. The minimum Gasteiger partial charge on any atom is -0.365 e. The predicted octanol–water partition coefficient (Wildman–Crippen LogP) is 2.74. The lowest BCUT2D eigenvalue weighted by atomic mass is 10.2. The summed E-state index contributed by atoms with van der Waals surface area (Å²) in [5, 5.41) is 0. The van der Waals surface area contributed by atoms with E-state index >= 15 is 0 Å². The van der Waals surface area contributed by atoms with Crippen molar-refractivity contribution >= 4 is 11.7 Å². The zero-order chi connectivity index (χ0) is 16.8. The van der Waals surface area contributed by atoms with Gasteiger partial charge in [0.25, 0.3) is 5.78 Å². The third kappa shape index (κ3) is 5.03. The highest BCUT2D eigenvalue weighted by Gasteiger charge is 2.37. The minimum absolute atomic E-state index is 0.0645. The molecule has 1 aliphatic rings. The highest BCUT2D eigenvalue weighted by Crippen LogP contribution is 2.22. The SMILES string of the molecule is CCCN(CCC)C(=O)[C@@H]1CCCN1/C=C/C(=O)C(F)(F)F. The number of likely N-dealkylation sites (tertiary alicyclic amines) is 1. The normalized spacial score (nSPS) is 19.0. The molecule has 1 amide bonds. The van der Waals surface area contributed by atoms with Gasteiger partial charge in [-0.3, -0.25) is 9.59 Å². The average Bonchev–Trinajstić information content (AvgIpc) is 2.91. The molecule has 1 fully saturated rings. The monoisotopic (exact) mass is 320 g/mol. The Labute approximate surface area is 128 Å². The van der Waals surface area contributed by atoms with Crippen molar-refractivity contribution in [1.29, 1.82) is 0 Å². The molecule has 0 radical (unpaired) electrons. The lowest BCUT2D eigenvalue weighted by Gasteiger charge is -2.29. The Balaban J connectivity index is 2.75. The summed E-state index contributed by atoms with van der Waals surface area (Å²) in [5.41, 5.74) is 0. The highest BCUT2D eigenvalue weighted by atomic mass is 19.4. The van der Waals surface area contributed by atoms with Gasteiger partial charge in [0.15, 0.2) is 0 Å². The van der Waals surface area contributed by atoms with Crippen molar-refractivity contribution in [1.82, 2.24) is 9.80 Å². The van der Waals surface area contributed by atoms with E-state index in [9.17, 15) is 22.8 Å². The Morgan fingerprint density at radius 2 is 1.82 bits per heavy atom. The molecule has 126 valence electrons. The number of rotatable bonds is 7. The molecule has 0 aromatic heterocycles. The topological polar surface area (TPSA) is 40.6 Å². The minimum atomic E-state index is -4.87. The summed E-state index contributed by atoms with van der Waals surface area (Å²) in [5.74, 6) is -1.96. The Kier molecular flexibility index (Phi) is 6.90. The first-order chi connectivity index (χ1) is 10.3. The predicted molar refractivity (Wildman–Crippen MR) is 77.1 cm³/mol. The van der Waals surface area contributed by atoms with E-state index in [4.69, 9.17) is 0 Å². The van der Waals surface area contributed by atoms with Gasteiger partial charge >= 0.3 is 6.18 Å². The first kappa shape index (κ1) is 18.5. The van der Waals surface area contributed by atoms with E-state index in [0.717, 1.165) is 25.5 Å². The molecular weight excluding hydrogens is 297 g/mol. The summed E-state index contributed by atoms with van der Waals surface area (Å²) in [6.45, 7) is 5.73. The van der Waals surface area contributed by atoms with Crippen molar-refractivity contribution in [2.24, 2.45) is 0 Å². The number of nitrogens with zero attached hydrogens (tertiary/aromatic N) is 2. The molecule has 0 spiro atoms. The third-order valence-electron chi connectivity index (χ3n) is 3.57. The summed E-state index contributed by atoms with van der Waals surface area (Å²) in [6, 6.07) is -0.463. The fourth-order valence-electron chi connectivity index (χ4n) is 2.57. The largest absolute Gasteiger partial charge is 0.454 e. The van der Waals surface area contributed by atoms with E-state index in [1.54, 1.807) is 9.80 Å². The zero-order valence-electron chi connectivity index (χ0n) is 13.0. The number of carbonyl (C=O) groups excluding carboxylic acids is 2. The molecule has 0 bridgehead atoms. The maximum absolute atomic E-state index is 12.5. The van der Waals surface area contributed by atoms with Gasteiger partial charge in [0.05, 0.1) is 0 Å². The molecule has 0 N–H and O–H groups in total. The van der Waals surface area contributed by atoms with E-state index in [2.05, 4.69) is 0 Å². The van der Waals surface area contributed by atoms with Gasteiger partial charge in [0, 0.05) is 31.9 Å². The van der Waals surface area contributed by atoms with E-state index < -0.39 is 18.0 Å². The number of hydrogen-bond acceptors (Lipinski definition) is 3. The maximum atomic E-state index is 12.5. The number of amides is 1. The fourth-order valence-corrected chi connectivity index (χ4v) is 2.57. The molecule has 1 heterocycles. The molecule has 4 nitrogen and oxygen atoms in total. The van der Waals surface area contributed by atoms with Crippen molar-refractivity contribution in [3.05, 3.63) is 12.3 Å². The molecule has 1 atom stereocenters. The van der Waals surface area contributed by atoms with Crippen LogP contribution in [0.15, 0.2) is 12.3 Å².